The Labute approximate surface area is 126 Å². The summed E-state index contributed by atoms with van der Waals surface area (Å²) in [5, 5.41) is 0. The molecule has 0 atom stereocenters. The average molecular weight is 282 g/mol. The summed E-state index contributed by atoms with van der Waals surface area (Å²) in [5.41, 5.74) is 1.08. The van der Waals surface area contributed by atoms with Gasteiger partial charge in [-0.05, 0) is 0 Å². The molecule has 0 aliphatic carbocycles. The van der Waals surface area contributed by atoms with Gasteiger partial charge in [0.05, 0.1) is 0 Å². The number of hydrogen-bond donors (Lipinski definition) is 0. The predicted molar refractivity (Wildman–Crippen MR) is 104 cm³/mol. The molecule has 0 heterocycles. The van der Waals surface area contributed by atoms with Crippen LogP contribution in [-0.2, 0) is 0 Å². The molecule has 0 bridgehead atoms. The quantitative estimate of drug-likeness (QED) is 0.275. The van der Waals surface area contributed by atoms with Gasteiger partial charge in [0.15, 0.2) is 0 Å². The molecule has 19 heavy (non-hydrogen) atoms. The maximum atomic E-state index is 2.58. The zero-order chi connectivity index (χ0) is 14.6. The predicted octanol–water partition coefficient (Wildman–Crippen LogP) is 3.47. The Bertz CT molecular complexity index is 178. The number of hydrogen-bond acceptors (Lipinski definition) is 0. The van der Waals surface area contributed by atoms with E-state index >= 15 is 0 Å². The first-order valence-corrected chi connectivity index (χ1v) is 12.6. The first-order chi connectivity index (χ1) is 9.02. The normalized spacial score (nSPS) is 13.0. The summed E-state index contributed by atoms with van der Waals surface area (Å²) in [5.74, 6) is 0. The van der Waals surface area contributed by atoms with Crippen molar-refractivity contribution in [3.63, 3.8) is 0 Å². The molecule has 0 aromatic heterocycles. The van der Waals surface area contributed by atoms with E-state index in [0.717, 1.165) is 5.66 Å². The number of rotatable bonds is 13. The molecule has 0 fully saturated rings. The van der Waals surface area contributed by atoms with Gasteiger partial charge >= 0.3 is 126 Å². The van der Waals surface area contributed by atoms with Crippen LogP contribution in [0.3, 0.4) is 0 Å². The van der Waals surface area contributed by atoms with E-state index in [1.165, 1.54) is 77.0 Å². The van der Waals surface area contributed by atoms with Gasteiger partial charge < -0.3 is 0 Å². The van der Waals surface area contributed by atoms with Gasteiger partial charge in [0, 0.05) is 0 Å². The molecular weight excluding hydrogens is 244 g/mol. The van der Waals surface area contributed by atoms with Crippen molar-refractivity contribution in [2.75, 3.05) is 0 Å². The third kappa shape index (κ3) is 12.1. The van der Waals surface area contributed by atoms with E-state index in [0.29, 0.717) is 0 Å². The molecule has 0 aromatic carbocycles. The Balaban J connectivity index is 3.77. The fourth-order valence-corrected chi connectivity index (χ4v) is 5.14. The second kappa shape index (κ2) is 12.4. The van der Waals surface area contributed by atoms with Crippen LogP contribution in [0.4, 0.5) is 0 Å². The standard InChI is InChI=1S/C15H38B3P/c1-3-5-7-9-11-13-15(19(16,17)18)14-12-10-8-6-4-2/h15,19H,3-14,16-18H2,1-2H3. The Hall–Kier alpha value is 0.625. The van der Waals surface area contributed by atoms with Gasteiger partial charge in [-0.3, -0.25) is 0 Å². The van der Waals surface area contributed by atoms with E-state index in [1.807, 2.05) is 0 Å². The summed E-state index contributed by atoms with van der Waals surface area (Å²) in [6, 6.07) is 0. The van der Waals surface area contributed by atoms with E-state index in [9.17, 15) is 0 Å². The monoisotopic (exact) mass is 282 g/mol. The summed E-state index contributed by atoms with van der Waals surface area (Å²) in [6.07, 6.45) is 17.5. The zero-order valence-electron chi connectivity index (χ0n) is 14.6. The fourth-order valence-electron chi connectivity index (χ4n) is 3.00. The van der Waals surface area contributed by atoms with Crippen LogP contribution in [-0.4, -0.2) is 28.4 Å². The van der Waals surface area contributed by atoms with Crippen molar-refractivity contribution in [2.24, 2.45) is 0 Å². The van der Waals surface area contributed by atoms with Crippen LogP contribution >= 0.6 is 6.90 Å². The van der Waals surface area contributed by atoms with Gasteiger partial charge in [-0.2, -0.15) is 0 Å². The second-order valence-corrected chi connectivity index (χ2v) is 13.0. The molecule has 0 rings (SSSR count). The summed E-state index contributed by atoms with van der Waals surface area (Å²) in [7, 11) is 7.74. The molecule has 0 spiro atoms. The molecule has 0 saturated carbocycles. The first kappa shape index (κ1) is 19.6. The van der Waals surface area contributed by atoms with Gasteiger partial charge in [-0.15, -0.1) is 0 Å². The summed E-state index contributed by atoms with van der Waals surface area (Å²) in [6.45, 7) is 3.69. The molecule has 0 aromatic rings. The topological polar surface area (TPSA) is 0 Å². The molecule has 0 aliphatic heterocycles. The summed E-state index contributed by atoms with van der Waals surface area (Å²) >= 11 is 0. The van der Waals surface area contributed by atoms with E-state index in [-0.39, 0.29) is 0 Å². The first-order valence-electron chi connectivity index (χ1n) is 9.02. The van der Waals surface area contributed by atoms with Gasteiger partial charge in [-0.1, -0.05) is 0 Å². The van der Waals surface area contributed by atoms with Crippen LogP contribution < -0.4 is 0 Å². The van der Waals surface area contributed by atoms with E-state index in [4.69, 9.17) is 0 Å². The van der Waals surface area contributed by atoms with Crippen molar-refractivity contribution < 1.29 is 0 Å². The molecule has 0 amide bonds. The van der Waals surface area contributed by atoms with Crippen molar-refractivity contribution in [1.82, 2.24) is 0 Å². The van der Waals surface area contributed by atoms with Crippen LogP contribution in [0.2, 0.25) is 0 Å². The molecule has 0 radical (unpaired) electrons. The molecule has 112 valence electrons. The minimum absolute atomic E-state index is 0.924. The Morgan fingerprint density at radius 2 is 1.00 bits per heavy atom. The average Bonchev–Trinajstić information content (AvgIpc) is 2.34. The van der Waals surface area contributed by atoms with Crippen molar-refractivity contribution in [3.05, 3.63) is 0 Å². The molecule has 0 unspecified atom stereocenters. The van der Waals surface area contributed by atoms with Crippen molar-refractivity contribution >= 4 is 29.6 Å². The molecule has 0 nitrogen and oxygen atoms in total. The van der Waals surface area contributed by atoms with Gasteiger partial charge in [0.25, 0.3) is 0 Å². The maximum absolute atomic E-state index is 2.58. The van der Waals surface area contributed by atoms with E-state index in [2.05, 4.69) is 36.5 Å². The minimum atomic E-state index is -0.924. The summed E-state index contributed by atoms with van der Waals surface area (Å²) < 4.78 is 0. The van der Waals surface area contributed by atoms with Crippen LogP contribution in [0.1, 0.15) is 90.9 Å². The molecule has 0 saturated heterocycles. The van der Waals surface area contributed by atoms with Crippen LogP contribution in [0, 0.1) is 0 Å². The fraction of sp³-hybridized carbons (Fsp3) is 1.00. The third-order valence-electron chi connectivity index (χ3n) is 4.54. The number of unbranched alkanes of at least 4 members (excludes halogenated alkanes) is 8. The summed E-state index contributed by atoms with van der Waals surface area (Å²) in [4.78, 5) is 0. The van der Waals surface area contributed by atoms with Crippen LogP contribution in [0.15, 0.2) is 0 Å². The second-order valence-electron chi connectivity index (χ2n) is 7.47. The Morgan fingerprint density at radius 3 is 1.32 bits per heavy atom. The van der Waals surface area contributed by atoms with Gasteiger partial charge in [0.1, 0.15) is 0 Å². The molecule has 0 aliphatic rings. The molecular formula is C15H38B3P. The van der Waals surface area contributed by atoms with Crippen LogP contribution in [0.5, 0.6) is 0 Å². The van der Waals surface area contributed by atoms with E-state index in [1.54, 1.807) is 0 Å². The Kier molecular flexibility index (Phi) is 12.8. The van der Waals surface area contributed by atoms with Crippen LogP contribution in [0.25, 0.3) is 0 Å². The van der Waals surface area contributed by atoms with Crippen molar-refractivity contribution in [1.29, 1.82) is 0 Å². The van der Waals surface area contributed by atoms with Gasteiger partial charge in [-0.25, -0.2) is 0 Å². The van der Waals surface area contributed by atoms with Gasteiger partial charge in [0.2, 0.25) is 0 Å². The van der Waals surface area contributed by atoms with Crippen molar-refractivity contribution in [3.8, 4) is 0 Å². The SMILES string of the molecule is B[PH](B)(B)C(CCCCCCC)CCCCCCC. The van der Waals surface area contributed by atoms with Crippen molar-refractivity contribution in [2.45, 2.75) is 96.6 Å². The molecule has 0 N–H and O–H groups in total. The molecule has 4 heteroatoms. The third-order valence-corrected chi connectivity index (χ3v) is 7.56. The zero-order valence-corrected chi connectivity index (χ0v) is 15.6. The Morgan fingerprint density at radius 1 is 0.632 bits per heavy atom. The van der Waals surface area contributed by atoms with E-state index < -0.39 is 6.90 Å².